The third-order valence-electron chi connectivity index (χ3n) is 1.38. The topological polar surface area (TPSA) is 12.9 Å². The largest absolute Gasteiger partial charge is 0.249 e. The van der Waals surface area contributed by atoms with Crippen molar-refractivity contribution in [3.05, 3.63) is 16.1 Å². The Balaban J connectivity index is 0.000000810. The van der Waals surface area contributed by atoms with Gasteiger partial charge in [-0.3, -0.25) is 0 Å². The summed E-state index contributed by atoms with van der Waals surface area (Å²) in [4.78, 5) is 5.67. The number of thiazole rings is 1. The van der Waals surface area contributed by atoms with Crippen LogP contribution >= 0.6 is 23.7 Å². The molecule has 10 heavy (non-hydrogen) atoms. The van der Waals surface area contributed by atoms with Crippen LogP contribution in [-0.4, -0.2) is 4.98 Å². The molecule has 0 amide bonds. The summed E-state index contributed by atoms with van der Waals surface area (Å²) < 4.78 is 0. The Labute approximate surface area is 71.9 Å². The van der Waals surface area contributed by atoms with Crippen molar-refractivity contribution in [1.29, 1.82) is 0 Å². The van der Waals surface area contributed by atoms with Crippen molar-refractivity contribution in [2.75, 3.05) is 0 Å². The zero-order valence-corrected chi connectivity index (χ0v) is 7.89. The molecule has 0 atom stereocenters. The predicted octanol–water partition coefficient (Wildman–Crippen LogP) is 2.69. The molecule has 0 aliphatic heterocycles. The van der Waals surface area contributed by atoms with Gasteiger partial charge in [0, 0.05) is 4.88 Å². The maximum absolute atomic E-state index is 4.22. The van der Waals surface area contributed by atoms with Crippen molar-refractivity contribution in [1.82, 2.24) is 4.98 Å². The summed E-state index contributed by atoms with van der Waals surface area (Å²) in [5.41, 5.74) is 3.21. The van der Waals surface area contributed by atoms with Crippen molar-refractivity contribution in [3.63, 3.8) is 0 Å². The van der Waals surface area contributed by atoms with Gasteiger partial charge in [-0.1, -0.05) is 13.8 Å². The second kappa shape index (κ2) is 4.69. The molecular weight excluding hydrogens is 166 g/mol. The van der Waals surface area contributed by atoms with Gasteiger partial charge in [-0.25, -0.2) is 4.98 Å². The van der Waals surface area contributed by atoms with Gasteiger partial charge >= 0.3 is 0 Å². The van der Waals surface area contributed by atoms with Crippen LogP contribution in [0.15, 0.2) is 5.51 Å². The number of hydrogen-bond acceptors (Lipinski definition) is 2. The third-order valence-corrected chi connectivity index (χ3v) is 2.40. The van der Waals surface area contributed by atoms with E-state index in [1.807, 2.05) is 5.51 Å². The van der Waals surface area contributed by atoms with Gasteiger partial charge < -0.3 is 0 Å². The number of halogens is 1. The number of nitrogens with zero attached hydrogens (tertiary/aromatic N) is 1. The van der Waals surface area contributed by atoms with Crippen LogP contribution in [0.3, 0.4) is 0 Å². The minimum atomic E-state index is 0. The Morgan fingerprint density at radius 2 is 2.10 bits per heavy atom. The molecule has 1 aromatic rings. The monoisotopic (exact) mass is 177 g/mol. The zero-order chi connectivity index (χ0) is 6.69. The lowest BCUT2D eigenvalue weighted by Gasteiger charge is -1.91. The Hall–Kier alpha value is -0.0800. The van der Waals surface area contributed by atoms with Gasteiger partial charge in [0.05, 0.1) is 11.2 Å². The molecule has 3 heteroatoms. The molecule has 0 aliphatic rings. The van der Waals surface area contributed by atoms with Crippen LogP contribution in [-0.2, 0) is 12.8 Å². The molecule has 0 aromatic carbocycles. The zero-order valence-electron chi connectivity index (χ0n) is 6.26. The lowest BCUT2D eigenvalue weighted by molar-refractivity contribution is 1.01. The number of aryl methyl sites for hydroxylation is 2. The van der Waals surface area contributed by atoms with Gasteiger partial charge in [0.25, 0.3) is 0 Å². The fourth-order valence-corrected chi connectivity index (χ4v) is 1.68. The number of aromatic nitrogens is 1. The van der Waals surface area contributed by atoms with Gasteiger partial charge in [-0.2, -0.15) is 0 Å². The van der Waals surface area contributed by atoms with Crippen molar-refractivity contribution in [2.45, 2.75) is 26.7 Å². The minimum Gasteiger partial charge on any atom is -0.249 e. The van der Waals surface area contributed by atoms with E-state index in [9.17, 15) is 0 Å². The van der Waals surface area contributed by atoms with Gasteiger partial charge in [-0.05, 0) is 12.8 Å². The first-order valence-corrected chi connectivity index (χ1v) is 4.17. The predicted molar refractivity (Wildman–Crippen MR) is 48.1 cm³/mol. The van der Waals surface area contributed by atoms with E-state index in [1.54, 1.807) is 11.3 Å². The van der Waals surface area contributed by atoms with Crippen molar-refractivity contribution < 1.29 is 0 Å². The highest BCUT2D eigenvalue weighted by Crippen LogP contribution is 2.13. The number of rotatable bonds is 2. The van der Waals surface area contributed by atoms with E-state index in [4.69, 9.17) is 0 Å². The third kappa shape index (κ3) is 1.96. The normalized spacial score (nSPS) is 9.00. The molecule has 0 fully saturated rings. The first kappa shape index (κ1) is 9.92. The number of hydrogen-bond donors (Lipinski definition) is 0. The molecule has 0 radical (unpaired) electrons. The molecule has 0 bridgehead atoms. The molecule has 0 aliphatic carbocycles. The van der Waals surface area contributed by atoms with Crippen molar-refractivity contribution in [3.8, 4) is 0 Å². The summed E-state index contributed by atoms with van der Waals surface area (Å²) >= 11 is 1.76. The second-order valence-electron chi connectivity index (χ2n) is 1.93. The van der Waals surface area contributed by atoms with Crippen molar-refractivity contribution >= 4 is 23.7 Å². The van der Waals surface area contributed by atoms with E-state index in [2.05, 4.69) is 18.8 Å². The maximum atomic E-state index is 4.22. The Kier molecular flexibility index (Phi) is 4.65. The molecule has 58 valence electrons. The summed E-state index contributed by atoms with van der Waals surface area (Å²) in [6.07, 6.45) is 2.21. The molecular formula is C7H12ClNS. The fraction of sp³-hybridized carbons (Fsp3) is 0.571. The Morgan fingerprint density at radius 3 is 2.50 bits per heavy atom. The molecule has 0 saturated carbocycles. The molecule has 1 nitrogen and oxygen atoms in total. The van der Waals surface area contributed by atoms with E-state index in [1.165, 1.54) is 10.6 Å². The fourth-order valence-electron chi connectivity index (χ4n) is 0.869. The highest BCUT2D eigenvalue weighted by Gasteiger charge is 1.98. The first-order chi connectivity index (χ1) is 4.38. The summed E-state index contributed by atoms with van der Waals surface area (Å²) in [6, 6.07) is 0. The minimum absolute atomic E-state index is 0. The van der Waals surface area contributed by atoms with E-state index in [0.29, 0.717) is 0 Å². The second-order valence-corrected chi connectivity index (χ2v) is 2.87. The summed E-state index contributed by atoms with van der Waals surface area (Å²) in [5.74, 6) is 0. The van der Waals surface area contributed by atoms with Crippen LogP contribution < -0.4 is 0 Å². The smallest absolute Gasteiger partial charge is 0.0797 e. The highest BCUT2D eigenvalue weighted by atomic mass is 35.5. The van der Waals surface area contributed by atoms with Crippen LogP contribution in [0.4, 0.5) is 0 Å². The molecule has 1 heterocycles. The molecule has 0 saturated heterocycles. The van der Waals surface area contributed by atoms with Crippen LogP contribution in [0.2, 0.25) is 0 Å². The molecule has 1 rings (SSSR count). The average Bonchev–Trinajstić information content (AvgIpc) is 2.33. The van der Waals surface area contributed by atoms with Gasteiger partial charge in [0.15, 0.2) is 0 Å². The van der Waals surface area contributed by atoms with E-state index < -0.39 is 0 Å². The van der Waals surface area contributed by atoms with Crippen LogP contribution in [0, 0.1) is 0 Å². The highest BCUT2D eigenvalue weighted by molar-refractivity contribution is 7.09. The van der Waals surface area contributed by atoms with Crippen molar-refractivity contribution in [2.24, 2.45) is 0 Å². The summed E-state index contributed by atoms with van der Waals surface area (Å²) in [6.45, 7) is 4.32. The van der Waals surface area contributed by atoms with E-state index in [0.717, 1.165) is 12.8 Å². The molecule has 0 spiro atoms. The van der Waals surface area contributed by atoms with Gasteiger partial charge in [0.2, 0.25) is 0 Å². The molecule has 0 unspecified atom stereocenters. The van der Waals surface area contributed by atoms with Gasteiger partial charge in [-0.15, -0.1) is 23.7 Å². The maximum Gasteiger partial charge on any atom is 0.0797 e. The lowest BCUT2D eigenvalue weighted by Crippen LogP contribution is -1.84. The Morgan fingerprint density at radius 1 is 1.40 bits per heavy atom. The standard InChI is InChI=1S/C7H11NS.ClH/c1-3-6-7(4-2)9-5-8-6;/h5H,3-4H2,1-2H3;1H. The molecule has 0 N–H and O–H groups in total. The van der Waals surface area contributed by atoms with Crippen LogP contribution in [0.1, 0.15) is 24.4 Å². The summed E-state index contributed by atoms with van der Waals surface area (Å²) in [5, 5.41) is 0. The van der Waals surface area contributed by atoms with Crippen LogP contribution in [0.5, 0.6) is 0 Å². The quantitative estimate of drug-likeness (QED) is 0.677. The van der Waals surface area contributed by atoms with Crippen LogP contribution in [0.25, 0.3) is 0 Å². The SMILES string of the molecule is CCc1ncsc1CC.Cl. The van der Waals surface area contributed by atoms with E-state index >= 15 is 0 Å². The first-order valence-electron chi connectivity index (χ1n) is 3.29. The van der Waals surface area contributed by atoms with Gasteiger partial charge in [0.1, 0.15) is 0 Å². The molecule has 1 aromatic heterocycles. The lowest BCUT2D eigenvalue weighted by atomic mass is 10.2. The average molecular weight is 178 g/mol. The summed E-state index contributed by atoms with van der Waals surface area (Å²) in [7, 11) is 0. The Bertz CT molecular complexity index is 167. The van der Waals surface area contributed by atoms with E-state index in [-0.39, 0.29) is 12.4 Å².